The molecule has 0 aromatic heterocycles. The summed E-state index contributed by atoms with van der Waals surface area (Å²) in [6.45, 7) is 0.334. The number of nitro benzene ring substituents is 1. The van der Waals surface area contributed by atoms with Crippen LogP contribution in [0, 0.1) is 15.9 Å². The number of aliphatic hydroxyl groups excluding tert-OH is 1. The number of methoxy groups -OCH3 is 1. The van der Waals surface area contributed by atoms with E-state index < -0.39 is 22.4 Å². The third-order valence-corrected chi connectivity index (χ3v) is 3.56. The monoisotopic (exact) mass is 298 g/mol. The van der Waals surface area contributed by atoms with Crippen LogP contribution in [0.5, 0.6) is 0 Å². The van der Waals surface area contributed by atoms with E-state index >= 15 is 0 Å². The van der Waals surface area contributed by atoms with Crippen LogP contribution in [-0.4, -0.2) is 42.3 Å². The van der Waals surface area contributed by atoms with Gasteiger partial charge in [0.2, 0.25) is 0 Å². The first-order valence-corrected chi connectivity index (χ1v) is 6.43. The summed E-state index contributed by atoms with van der Waals surface area (Å²) in [6, 6.07) is 1.56. The lowest BCUT2D eigenvalue weighted by Gasteiger charge is -2.25. The van der Waals surface area contributed by atoms with Gasteiger partial charge in [0.05, 0.1) is 36.3 Å². The quantitative estimate of drug-likeness (QED) is 0.514. The summed E-state index contributed by atoms with van der Waals surface area (Å²) >= 11 is 0. The Balaban J connectivity index is 2.55. The summed E-state index contributed by atoms with van der Waals surface area (Å²) in [5.74, 6) is -1.90. The van der Waals surface area contributed by atoms with E-state index in [0.29, 0.717) is 19.0 Å². The molecule has 0 radical (unpaired) electrons. The molecular weight excluding hydrogens is 283 g/mol. The van der Waals surface area contributed by atoms with E-state index in [-0.39, 0.29) is 23.9 Å². The molecule has 2 rings (SSSR count). The Labute approximate surface area is 120 Å². The number of nitro groups is 1. The molecule has 1 unspecified atom stereocenters. The zero-order valence-corrected chi connectivity index (χ0v) is 11.4. The third kappa shape index (κ3) is 2.80. The topological polar surface area (TPSA) is 92.9 Å². The van der Waals surface area contributed by atoms with Crippen molar-refractivity contribution in [2.75, 3.05) is 25.2 Å². The number of benzene rings is 1. The van der Waals surface area contributed by atoms with Gasteiger partial charge in [-0.1, -0.05) is 0 Å². The lowest BCUT2D eigenvalue weighted by Crippen LogP contribution is -2.32. The minimum absolute atomic E-state index is 0.123. The predicted octanol–water partition coefficient (Wildman–Crippen LogP) is 1.48. The highest BCUT2D eigenvalue weighted by Gasteiger charge is 2.31. The summed E-state index contributed by atoms with van der Waals surface area (Å²) in [5, 5.41) is 20.4. The number of rotatable bonds is 4. The minimum Gasteiger partial charge on any atom is -0.465 e. The minimum atomic E-state index is -1.00. The SMILES string of the molecule is COC(=O)c1cc(N2CCCC2CO)c([N+](=O)[O-])cc1F. The highest BCUT2D eigenvalue weighted by Crippen LogP contribution is 2.35. The molecular formula is C13H15FN2O5. The smallest absolute Gasteiger partial charge is 0.340 e. The number of hydrogen-bond acceptors (Lipinski definition) is 6. The Kier molecular flexibility index (Phi) is 4.37. The van der Waals surface area contributed by atoms with Gasteiger partial charge in [0.1, 0.15) is 11.5 Å². The molecule has 7 nitrogen and oxygen atoms in total. The van der Waals surface area contributed by atoms with Crippen molar-refractivity contribution in [1.82, 2.24) is 0 Å². The molecule has 1 aliphatic heterocycles. The maximum Gasteiger partial charge on any atom is 0.340 e. The van der Waals surface area contributed by atoms with Crippen LogP contribution in [0.4, 0.5) is 15.8 Å². The second-order valence-electron chi connectivity index (χ2n) is 4.74. The van der Waals surface area contributed by atoms with E-state index in [1.165, 1.54) is 0 Å². The molecule has 1 aliphatic rings. The van der Waals surface area contributed by atoms with Gasteiger partial charge in [0.15, 0.2) is 0 Å². The van der Waals surface area contributed by atoms with Crippen LogP contribution in [0.1, 0.15) is 23.2 Å². The van der Waals surface area contributed by atoms with Gasteiger partial charge in [-0.2, -0.15) is 0 Å². The van der Waals surface area contributed by atoms with Gasteiger partial charge >= 0.3 is 5.97 Å². The van der Waals surface area contributed by atoms with Crippen molar-refractivity contribution in [2.24, 2.45) is 0 Å². The van der Waals surface area contributed by atoms with E-state index in [9.17, 15) is 24.4 Å². The van der Waals surface area contributed by atoms with Crippen molar-refractivity contribution in [3.8, 4) is 0 Å². The highest BCUT2D eigenvalue weighted by molar-refractivity contribution is 5.92. The summed E-state index contributed by atoms with van der Waals surface area (Å²) in [5.41, 5.74) is -0.666. The Morgan fingerprint density at radius 1 is 1.62 bits per heavy atom. The number of carbonyl (C=O) groups excluding carboxylic acids is 1. The molecule has 21 heavy (non-hydrogen) atoms. The van der Waals surface area contributed by atoms with Crippen molar-refractivity contribution >= 4 is 17.3 Å². The summed E-state index contributed by atoms with van der Waals surface area (Å²) in [6.07, 6.45) is 1.44. The van der Waals surface area contributed by atoms with Crippen molar-refractivity contribution in [3.05, 3.63) is 33.6 Å². The molecule has 0 aliphatic carbocycles. The number of halogens is 1. The molecule has 8 heteroatoms. The number of anilines is 1. The molecule has 0 saturated carbocycles. The van der Waals surface area contributed by atoms with E-state index in [0.717, 1.165) is 19.6 Å². The largest absolute Gasteiger partial charge is 0.465 e. The molecule has 0 bridgehead atoms. The zero-order valence-electron chi connectivity index (χ0n) is 11.4. The van der Waals surface area contributed by atoms with Crippen LogP contribution in [-0.2, 0) is 4.74 Å². The van der Waals surface area contributed by atoms with Crippen molar-refractivity contribution in [3.63, 3.8) is 0 Å². The van der Waals surface area contributed by atoms with Gasteiger partial charge in [0.25, 0.3) is 5.69 Å². The molecule has 1 saturated heterocycles. The van der Waals surface area contributed by atoms with Crippen molar-refractivity contribution in [2.45, 2.75) is 18.9 Å². The first kappa shape index (κ1) is 15.2. The molecule has 1 aromatic carbocycles. The second kappa shape index (κ2) is 6.04. The number of nitrogens with zero attached hydrogens (tertiary/aromatic N) is 2. The Bertz CT molecular complexity index is 578. The van der Waals surface area contributed by atoms with Crippen molar-refractivity contribution in [1.29, 1.82) is 0 Å². The van der Waals surface area contributed by atoms with E-state index in [4.69, 9.17) is 0 Å². The molecule has 1 fully saturated rings. The van der Waals surface area contributed by atoms with Crippen LogP contribution in [0.3, 0.4) is 0 Å². The van der Waals surface area contributed by atoms with Crippen LogP contribution < -0.4 is 4.90 Å². The summed E-state index contributed by atoms with van der Waals surface area (Å²) in [7, 11) is 1.11. The summed E-state index contributed by atoms with van der Waals surface area (Å²) < 4.78 is 18.3. The molecule has 1 heterocycles. The Hall–Kier alpha value is -2.22. The number of aliphatic hydroxyl groups is 1. The van der Waals surface area contributed by atoms with Crippen LogP contribution in [0.25, 0.3) is 0 Å². The summed E-state index contributed by atoms with van der Waals surface area (Å²) in [4.78, 5) is 23.6. The fourth-order valence-electron chi connectivity index (χ4n) is 2.54. The zero-order chi connectivity index (χ0) is 15.6. The molecule has 114 valence electrons. The molecule has 1 atom stereocenters. The maximum atomic E-state index is 13.8. The highest BCUT2D eigenvalue weighted by atomic mass is 19.1. The van der Waals surface area contributed by atoms with Gasteiger partial charge in [0, 0.05) is 6.54 Å². The van der Waals surface area contributed by atoms with Gasteiger partial charge in [-0.3, -0.25) is 10.1 Å². The second-order valence-corrected chi connectivity index (χ2v) is 4.74. The van der Waals surface area contributed by atoms with E-state index in [1.54, 1.807) is 4.90 Å². The van der Waals surface area contributed by atoms with Crippen molar-refractivity contribution < 1.29 is 24.0 Å². The fourth-order valence-corrected chi connectivity index (χ4v) is 2.54. The Morgan fingerprint density at radius 2 is 2.33 bits per heavy atom. The molecule has 1 N–H and O–H groups in total. The van der Waals surface area contributed by atoms with Gasteiger partial charge in [-0.25, -0.2) is 9.18 Å². The van der Waals surface area contributed by atoms with Crippen LogP contribution in [0.2, 0.25) is 0 Å². The van der Waals surface area contributed by atoms with E-state index in [1.807, 2.05) is 0 Å². The molecule has 0 amide bonds. The normalized spacial score (nSPS) is 17.9. The first-order chi connectivity index (χ1) is 9.99. The standard InChI is InChI=1S/C13H15FN2O5/c1-21-13(18)9-5-11(12(16(19)20)6-10(9)14)15-4-2-3-8(15)7-17/h5-6,8,17H,2-4,7H2,1H3. The van der Waals surface area contributed by atoms with Gasteiger partial charge in [-0.05, 0) is 18.9 Å². The predicted molar refractivity (Wildman–Crippen MR) is 71.8 cm³/mol. The molecule has 1 aromatic rings. The lowest BCUT2D eigenvalue weighted by atomic mass is 10.1. The fraction of sp³-hybridized carbons (Fsp3) is 0.462. The number of carbonyl (C=O) groups is 1. The number of hydrogen-bond donors (Lipinski definition) is 1. The lowest BCUT2D eigenvalue weighted by molar-refractivity contribution is -0.384. The molecule has 0 spiro atoms. The van der Waals surface area contributed by atoms with Gasteiger partial charge in [-0.15, -0.1) is 0 Å². The number of ether oxygens (including phenoxy) is 1. The average molecular weight is 298 g/mol. The first-order valence-electron chi connectivity index (χ1n) is 6.43. The van der Waals surface area contributed by atoms with E-state index in [2.05, 4.69) is 4.74 Å². The average Bonchev–Trinajstić information content (AvgIpc) is 2.94. The van der Waals surface area contributed by atoms with Gasteiger partial charge < -0.3 is 14.7 Å². The number of esters is 1. The van der Waals surface area contributed by atoms with Crippen LogP contribution >= 0.6 is 0 Å². The maximum absolute atomic E-state index is 13.8. The third-order valence-electron chi connectivity index (χ3n) is 3.56. The van der Waals surface area contributed by atoms with Crippen LogP contribution in [0.15, 0.2) is 12.1 Å². The Morgan fingerprint density at radius 3 is 2.90 bits per heavy atom.